The fourth-order valence-electron chi connectivity index (χ4n) is 4.76. The summed E-state index contributed by atoms with van der Waals surface area (Å²) in [5.41, 5.74) is 4.13. The van der Waals surface area contributed by atoms with E-state index in [1.807, 2.05) is 85.8 Å². The smallest absolute Gasteiger partial charge is 0.296 e. The van der Waals surface area contributed by atoms with Gasteiger partial charge in [0.25, 0.3) is 5.56 Å². The van der Waals surface area contributed by atoms with Gasteiger partial charge in [-0.1, -0.05) is 90.9 Å². The van der Waals surface area contributed by atoms with Gasteiger partial charge >= 0.3 is 11.4 Å². The van der Waals surface area contributed by atoms with Crippen LogP contribution in [-0.4, -0.2) is 24.3 Å². The van der Waals surface area contributed by atoms with Crippen LogP contribution in [0.1, 0.15) is 23.1 Å². The molecule has 0 aliphatic heterocycles. The molecular weight excluding hydrogens is 526 g/mol. The summed E-state index contributed by atoms with van der Waals surface area (Å²) in [5, 5.41) is 4.65. The van der Waals surface area contributed by atoms with E-state index < -0.39 is 5.76 Å². The number of rotatable bonds is 8. The number of H-pyrrole nitrogens is 1. The Labute approximate surface area is 232 Å². The second kappa shape index (κ2) is 10.7. The van der Waals surface area contributed by atoms with Crippen LogP contribution in [0.5, 0.6) is 0 Å². The molecular formula is C30H25N5O4S. The third-order valence-electron chi connectivity index (χ3n) is 6.81. The first-order chi connectivity index (χ1) is 19.5. The van der Waals surface area contributed by atoms with Crippen molar-refractivity contribution in [1.29, 1.82) is 0 Å². The average Bonchev–Trinajstić information content (AvgIpc) is 3.63. The molecule has 0 aliphatic rings. The average molecular weight is 552 g/mol. The predicted molar refractivity (Wildman–Crippen MR) is 155 cm³/mol. The second-order valence-electron chi connectivity index (χ2n) is 9.36. The molecule has 0 unspecified atom stereocenters. The summed E-state index contributed by atoms with van der Waals surface area (Å²) in [5.74, 6) is -0.260. The number of thiazole rings is 1. The molecule has 10 heteroatoms. The van der Waals surface area contributed by atoms with E-state index in [1.54, 1.807) is 4.57 Å². The van der Waals surface area contributed by atoms with Gasteiger partial charge in [0, 0.05) is 12.1 Å². The molecule has 6 rings (SSSR count). The maximum atomic E-state index is 13.7. The van der Waals surface area contributed by atoms with Crippen LogP contribution in [0.4, 0.5) is 0 Å². The van der Waals surface area contributed by atoms with Crippen LogP contribution in [0.25, 0.3) is 32.9 Å². The fraction of sp³-hybridized carbons (Fsp3) is 0.167. The Kier molecular flexibility index (Phi) is 6.83. The van der Waals surface area contributed by atoms with Gasteiger partial charge in [0.15, 0.2) is 11.3 Å². The van der Waals surface area contributed by atoms with Crippen LogP contribution in [0.3, 0.4) is 0 Å². The van der Waals surface area contributed by atoms with Gasteiger partial charge in [-0.3, -0.25) is 23.4 Å². The number of aromatic nitrogens is 5. The van der Waals surface area contributed by atoms with Crippen molar-refractivity contribution >= 4 is 21.7 Å². The van der Waals surface area contributed by atoms with E-state index >= 15 is 0 Å². The lowest BCUT2D eigenvalue weighted by Gasteiger charge is -2.13. The molecule has 0 atom stereocenters. The molecule has 0 amide bonds. The zero-order valence-electron chi connectivity index (χ0n) is 21.7. The summed E-state index contributed by atoms with van der Waals surface area (Å²) in [6.07, 6.45) is 1.25. The van der Waals surface area contributed by atoms with Crippen molar-refractivity contribution < 1.29 is 4.52 Å². The quantitative estimate of drug-likeness (QED) is 0.298. The van der Waals surface area contributed by atoms with Gasteiger partial charge in [-0.25, -0.2) is 14.6 Å². The molecule has 0 spiro atoms. The molecule has 3 heterocycles. The Balaban J connectivity index is 1.36. The van der Waals surface area contributed by atoms with E-state index in [-0.39, 0.29) is 17.8 Å². The van der Waals surface area contributed by atoms with Crippen LogP contribution in [0.2, 0.25) is 0 Å². The van der Waals surface area contributed by atoms with Crippen molar-refractivity contribution in [2.45, 2.75) is 32.9 Å². The number of aromatic amines is 1. The zero-order chi connectivity index (χ0) is 27.6. The molecule has 9 nitrogen and oxygen atoms in total. The molecule has 200 valence electrons. The highest BCUT2D eigenvalue weighted by Gasteiger charge is 2.18. The number of nitrogens with one attached hydrogen (secondary N) is 1. The minimum Gasteiger partial charge on any atom is -0.296 e. The monoisotopic (exact) mass is 551 g/mol. The van der Waals surface area contributed by atoms with Crippen LogP contribution in [0.15, 0.2) is 97.8 Å². The molecule has 0 radical (unpaired) electrons. The van der Waals surface area contributed by atoms with Gasteiger partial charge < -0.3 is 0 Å². The number of aryl methyl sites for hydroxylation is 2. The lowest BCUT2D eigenvalue weighted by molar-refractivity contribution is 0.388. The Morgan fingerprint density at radius 1 is 0.850 bits per heavy atom. The van der Waals surface area contributed by atoms with Crippen LogP contribution < -0.4 is 17.0 Å². The molecule has 0 bridgehead atoms. The molecule has 6 aromatic rings. The highest BCUT2D eigenvalue weighted by atomic mass is 32.1. The van der Waals surface area contributed by atoms with E-state index in [9.17, 15) is 14.4 Å². The molecule has 3 aromatic carbocycles. The van der Waals surface area contributed by atoms with Crippen molar-refractivity contribution in [2.75, 3.05) is 0 Å². The summed E-state index contributed by atoms with van der Waals surface area (Å²) in [6.45, 7) is 2.56. The van der Waals surface area contributed by atoms with E-state index in [4.69, 9.17) is 4.52 Å². The van der Waals surface area contributed by atoms with E-state index in [0.29, 0.717) is 35.6 Å². The maximum Gasteiger partial charge on any atom is 0.439 e. The fourth-order valence-corrected chi connectivity index (χ4v) is 5.74. The minimum absolute atomic E-state index is 0.274. The van der Waals surface area contributed by atoms with Gasteiger partial charge in [-0.05, 0) is 35.1 Å². The summed E-state index contributed by atoms with van der Waals surface area (Å²) in [4.78, 5) is 46.3. The molecule has 0 aliphatic carbocycles. The molecule has 40 heavy (non-hydrogen) atoms. The van der Waals surface area contributed by atoms with E-state index in [2.05, 4.69) is 15.1 Å². The first-order valence-corrected chi connectivity index (χ1v) is 13.7. The van der Waals surface area contributed by atoms with Crippen LogP contribution in [-0.2, 0) is 25.9 Å². The Hall–Kier alpha value is -4.83. The molecule has 0 saturated heterocycles. The standard InChI is InChI=1S/C30H25N5O4S/c1-2-24-31-25-27(36)34(17-16-19-8-4-3-5-9-19)30(38)35(28(25)40-24)18-20-12-14-21(15-13-20)22-10-6-7-11-23(22)26-32-29(37)39-33-26/h3-15H,2,16-18H2,1H3,(H,32,33,37). The summed E-state index contributed by atoms with van der Waals surface area (Å²) in [6, 6.07) is 25.2. The first-order valence-electron chi connectivity index (χ1n) is 12.9. The van der Waals surface area contributed by atoms with Crippen LogP contribution >= 0.6 is 11.3 Å². The number of benzene rings is 3. The summed E-state index contributed by atoms with van der Waals surface area (Å²) < 4.78 is 7.65. The molecule has 3 aromatic heterocycles. The normalized spacial score (nSPS) is 11.3. The molecule has 0 fully saturated rings. The number of nitrogens with zero attached hydrogens (tertiary/aromatic N) is 4. The Morgan fingerprint density at radius 3 is 2.27 bits per heavy atom. The highest BCUT2D eigenvalue weighted by Crippen LogP contribution is 2.30. The van der Waals surface area contributed by atoms with E-state index in [1.165, 1.54) is 15.9 Å². The van der Waals surface area contributed by atoms with Crippen molar-refractivity contribution in [3.8, 4) is 22.5 Å². The van der Waals surface area contributed by atoms with Gasteiger partial charge in [-0.2, -0.15) is 0 Å². The predicted octanol–water partition coefficient (Wildman–Crippen LogP) is 4.48. The van der Waals surface area contributed by atoms with Crippen LogP contribution in [0, 0.1) is 0 Å². The third kappa shape index (κ3) is 4.85. The summed E-state index contributed by atoms with van der Waals surface area (Å²) >= 11 is 1.39. The largest absolute Gasteiger partial charge is 0.439 e. The first kappa shape index (κ1) is 25.4. The zero-order valence-corrected chi connectivity index (χ0v) is 22.5. The van der Waals surface area contributed by atoms with Gasteiger partial charge in [-0.15, -0.1) is 11.3 Å². The van der Waals surface area contributed by atoms with Gasteiger partial charge in [0.1, 0.15) is 4.83 Å². The van der Waals surface area contributed by atoms with E-state index in [0.717, 1.165) is 32.8 Å². The Bertz CT molecular complexity index is 1980. The maximum absolute atomic E-state index is 13.7. The van der Waals surface area contributed by atoms with Gasteiger partial charge in [0.2, 0.25) is 0 Å². The minimum atomic E-state index is -0.615. The summed E-state index contributed by atoms with van der Waals surface area (Å²) in [7, 11) is 0. The van der Waals surface area contributed by atoms with Gasteiger partial charge in [0.05, 0.1) is 11.6 Å². The number of hydrogen-bond acceptors (Lipinski definition) is 7. The number of fused-ring (bicyclic) bond motifs is 1. The SMILES string of the molecule is CCc1nc2c(=O)n(CCc3ccccc3)c(=O)n(Cc3ccc(-c4ccccc4-c4noc(=O)[nH]4)cc3)c2s1. The topological polar surface area (TPSA) is 116 Å². The lowest BCUT2D eigenvalue weighted by atomic mass is 9.98. The third-order valence-corrected chi connectivity index (χ3v) is 8.03. The lowest BCUT2D eigenvalue weighted by Crippen LogP contribution is -2.40. The Morgan fingerprint density at radius 2 is 1.57 bits per heavy atom. The highest BCUT2D eigenvalue weighted by molar-refractivity contribution is 7.18. The van der Waals surface area contributed by atoms with Crippen molar-refractivity contribution in [1.82, 2.24) is 24.3 Å². The van der Waals surface area contributed by atoms with Crippen molar-refractivity contribution in [3.63, 3.8) is 0 Å². The molecule has 1 N–H and O–H groups in total. The van der Waals surface area contributed by atoms with Crippen molar-refractivity contribution in [3.05, 3.63) is 126 Å². The molecule has 0 saturated carbocycles. The van der Waals surface area contributed by atoms with Crippen molar-refractivity contribution in [2.24, 2.45) is 0 Å². The number of hydrogen-bond donors (Lipinski definition) is 1. The second-order valence-corrected chi connectivity index (χ2v) is 10.4.